The van der Waals surface area contributed by atoms with E-state index in [1.54, 1.807) is 0 Å². The first-order valence-corrected chi connectivity index (χ1v) is 8.13. The molecule has 1 unspecified atom stereocenters. The maximum absolute atomic E-state index is 11.0. The van der Waals surface area contributed by atoms with Gasteiger partial charge in [-0.2, -0.15) is 0 Å². The quantitative estimate of drug-likeness (QED) is 0.769. The van der Waals surface area contributed by atoms with E-state index in [1.807, 2.05) is 7.05 Å². The van der Waals surface area contributed by atoms with Crippen LogP contribution < -0.4 is 5.32 Å². The van der Waals surface area contributed by atoms with Gasteiger partial charge in [0.2, 0.25) is 0 Å². The third kappa shape index (κ3) is 6.45. The molecular formula is C11H24N2O2S. The zero-order valence-electron chi connectivity index (χ0n) is 10.4. The molecule has 4 nitrogen and oxygen atoms in total. The van der Waals surface area contributed by atoms with Crippen LogP contribution in [0.1, 0.15) is 25.7 Å². The second-order valence-corrected chi connectivity index (χ2v) is 7.15. The average Bonchev–Trinajstić information content (AvgIpc) is 2.42. The molecule has 0 aromatic carbocycles. The van der Waals surface area contributed by atoms with Crippen molar-refractivity contribution in [2.75, 3.05) is 38.7 Å². The number of hydrogen-bond donors (Lipinski definition) is 1. The Kier molecular flexibility index (Phi) is 5.72. The van der Waals surface area contributed by atoms with Gasteiger partial charge in [0.15, 0.2) is 0 Å². The molecule has 0 bridgehead atoms. The van der Waals surface area contributed by atoms with Crippen molar-refractivity contribution in [1.82, 2.24) is 10.2 Å². The van der Waals surface area contributed by atoms with Gasteiger partial charge >= 0.3 is 0 Å². The van der Waals surface area contributed by atoms with Crippen LogP contribution in [0.25, 0.3) is 0 Å². The molecule has 1 aliphatic heterocycles. The molecule has 0 aliphatic carbocycles. The Labute approximate surface area is 99.3 Å². The second kappa shape index (κ2) is 6.57. The number of nitrogens with one attached hydrogen (secondary N) is 1. The summed E-state index contributed by atoms with van der Waals surface area (Å²) in [7, 11) is -0.832. The molecule has 0 amide bonds. The molecule has 1 N–H and O–H groups in total. The summed E-state index contributed by atoms with van der Waals surface area (Å²) in [6.45, 7) is 2.69. The highest BCUT2D eigenvalue weighted by atomic mass is 32.2. The predicted molar refractivity (Wildman–Crippen MR) is 67.5 cm³/mol. The Balaban J connectivity index is 2.24. The highest BCUT2D eigenvalue weighted by Crippen LogP contribution is 2.09. The van der Waals surface area contributed by atoms with Gasteiger partial charge in [-0.15, -0.1) is 0 Å². The molecule has 16 heavy (non-hydrogen) atoms. The van der Waals surface area contributed by atoms with E-state index in [4.69, 9.17) is 0 Å². The molecule has 5 heteroatoms. The third-order valence-corrected chi connectivity index (χ3v) is 3.96. The van der Waals surface area contributed by atoms with Gasteiger partial charge in [0, 0.05) is 25.4 Å². The molecule has 96 valence electrons. The third-order valence-electron chi connectivity index (χ3n) is 3.04. The van der Waals surface area contributed by atoms with Crippen LogP contribution in [0.15, 0.2) is 0 Å². The van der Waals surface area contributed by atoms with Crippen LogP contribution in [0, 0.1) is 0 Å². The number of hydrogen-bond acceptors (Lipinski definition) is 4. The van der Waals surface area contributed by atoms with Gasteiger partial charge in [0.05, 0.1) is 5.75 Å². The van der Waals surface area contributed by atoms with Crippen molar-refractivity contribution in [3.63, 3.8) is 0 Å². The lowest BCUT2D eigenvalue weighted by atomic mass is 10.1. The second-order valence-electron chi connectivity index (χ2n) is 4.89. The molecule has 0 saturated carbocycles. The fourth-order valence-electron chi connectivity index (χ4n) is 2.05. The van der Waals surface area contributed by atoms with Crippen molar-refractivity contribution in [2.45, 2.75) is 31.7 Å². The summed E-state index contributed by atoms with van der Waals surface area (Å²) < 4.78 is 22.1. The minimum atomic E-state index is -2.83. The SMILES string of the molecule is CN(CCS(C)(=O)=O)CC1CCCCCN1. The molecule has 1 atom stereocenters. The first-order valence-electron chi connectivity index (χ1n) is 6.07. The fourth-order valence-corrected chi connectivity index (χ4v) is 2.69. The lowest BCUT2D eigenvalue weighted by Gasteiger charge is -2.23. The van der Waals surface area contributed by atoms with Crippen molar-refractivity contribution in [3.8, 4) is 0 Å². The maximum Gasteiger partial charge on any atom is 0.148 e. The number of rotatable bonds is 5. The van der Waals surface area contributed by atoms with Crippen molar-refractivity contribution >= 4 is 9.84 Å². The molecule has 0 radical (unpaired) electrons. The van der Waals surface area contributed by atoms with E-state index < -0.39 is 9.84 Å². The summed E-state index contributed by atoms with van der Waals surface area (Å²) >= 11 is 0. The summed E-state index contributed by atoms with van der Waals surface area (Å²) in [4.78, 5) is 2.12. The first-order chi connectivity index (χ1) is 7.47. The van der Waals surface area contributed by atoms with Crippen LogP contribution in [-0.2, 0) is 9.84 Å². The van der Waals surface area contributed by atoms with E-state index in [2.05, 4.69) is 10.2 Å². The highest BCUT2D eigenvalue weighted by molar-refractivity contribution is 7.90. The summed E-state index contributed by atoms with van der Waals surface area (Å²) in [5.74, 6) is 0.260. The monoisotopic (exact) mass is 248 g/mol. The Morgan fingerprint density at radius 1 is 1.31 bits per heavy atom. The van der Waals surface area contributed by atoms with Crippen LogP contribution in [0.2, 0.25) is 0 Å². The fraction of sp³-hybridized carbons (Fsp3) is 1.00. The first kappa shape index (κ1) is 13.9. The van der Waals surface area contributed by atoms with Crippen LogP contribution in [0.5, 0.6) is 0 Å². The summed E-state index contributed by atoms with van der Waals surface area (Å²) in [5, 5.41) is 3.52. The van der Waals surface area contributed by atoms with Crippen molar-refractivity contribution < 1.29 is 8.42 Å². The van der Waals surface area contributed by atoms with Gasteiger partial charge in [-0.05, 0) is 26.4 Å². The molecule has 1 aliphatic rings. The maximum atomic E-state index is 11.0. The van der Waals surface area contributed by atoms with Gasteiger partial charge in [-0.3, -0.25) is 0 Å². The number of sulfone groups is 1. The zero-order chi connectivity index (χ0) is 12.0. The summed E-state index contributed by atoms with van der Waals surface area (Å²) in [6.07, 6.45) is 6.38. The molecule has 0 spiro atoms. The van der Waals surface area contributed by atoms with Crippen LogP contribution in [0.3, 0.4) is 0 Å². The van der Waals surface area contributed by atoms with Gasteiger partial charge in [-0.1, -0.05) is 12.8 Å². The normalized spacial score (nSPS) is 23.3. The highest BCUT2D eigenvalue weighted by Gasteiger charge is 2.14. The van der Waals surface area contributed by atoms with E-state index in [0.717, 1.165) is 13.1 Å². The Hall–Kier alpha value is -0.130. The van der Waals surface area contributed by atoms with Crippen molar-refractivity contribution in [3.05, 3.63) is 0 Å². The predicted octanol–water partition coefficient (Wildman–Crippen LogP) is 0.495. The Morgan fingerprint density at radius 2 is 2.06 bits per heavy atom. The lowest BCUT2D eigenvalue weighted by molar-refractivity contribution is 0.298. The van der Waals surface area contributed by atoms with Crippen LogP contribution in [0.4, 0.5) is 0 Å². The Bertz CT molecular complexity index is 282. The van der Waals surface area contributed by atoms with Gasteiger partial charge in [0.25, 0.3) is 0 Å². The molecule has 0 aromatic heterocycles. The van der Waals surface area contributed by atoms with Crippen LogP contribution in [-0.4, -0.2) is 58.1 Å². The van der Waals surface area contributed by atoms with E-state index in [1.165, 1.54) is 31.9 Å². The zero-order valence-corrected chi connectivity index (χ0v) is 11.2. The summed E-state index contributed by atoms with van der Waals surface area (Å²) in [5.41, 5.74) is 0. The minimum absolute atomic E-state index is 0.260. The van der Waals surface area contributed by atoms with Crippen LogP contribution >= 0.6 is 0 Å². The average molecular weight is 248 g/mol. The topological polar surface area (TPSA) is 49.4 Å². The number of likely N-dealkylation sites (N-methyl/N-ethyl adjacent to an activating group) is 1. The van der Waals surface area contributed by atoms with Crippen molar-refractivity contribution in [2.24, 2.45) is 0 Å². The Morgan fingerprint density at radius 3 is 2.75 bits per heavy atom. The van der Waals surface area contributed by atoms with E-state index in [0.29, 0.717) is 12.6 Å². The van der Waals surface area contributed by atoms with Gasteiger partial charge < -0.3 is 10.2 Å². The standard InChI is InChI=1S/C11H24N2O2S/c1-13(8-9-16(2,14)15)10-11-6-4-3-5-7-12-11/h11-12H,3-10H2,1-2H3. The molecule has 1 heterocycles. The molecule has 0 aromatic rings. The van der Waals surface area contributed by atoms with E-state index in [-0.39, 0.29) is 5.75 Å². The largest absolute Gasteiger partial charge is 0.313 e. The summed E-state index contributed by atoms with van der Waals surface area (Å²) in [6, 6.07) is 0.534. The molecule has 1 fully saturated rings. The van der Waals surface area contributed by atoms with Crippen molar-refractivity contribution in [1.29, 1.82) is 0 Å². The molecular weight excluding hydrogens is 224 g/mol. The van der Waals surface area contributed by atoms with E-state index in [9.17, 15) is 8.42 Å². The minimum Gasteiger partial charge on any atom is -0.313 e. The van der Waals surface area contributed by atoms with E-state index >= 15 is 0 Å². The van der Waals surface area contributed by atoms with Gasteiger partial charge in [-0.25, -0.2) is 8.42 Å². The van der Waals surface area contributed by atoms with Gasteiger partial charge in [0.1, 0.15) is 9.84 Å². The smallest absolute Gasteiger partial charge is 0.148 e. The lowest BCUT2D eigenvalue weighted by Crippen LogP contribution is -2.40. The molecule has 1 rings (SSSR count). The molecule has 1 saturated heterocycles. The number of nitrogens with zero attached hydrogens (tertiary/aromatic N) is 1.